The number of carbonyl (C=O) groups excluding carboxylic acids is 1. The summed E-state index contributed by atoms with van der Waals surface area (Å²) in [5, 5.41) is 3.43. The van der Waals surface area contributed by atoms with Crippen LogP contribution in [-0.4, -0.2) is 11.9 Å². The maximum atomic E-state index is 10.8. The molecule has 0 aliphatic rings. The lowest BCUT2D eigenvalue weighted by molar-refractivity contribution is -0.117. The number of furan rings is 1. The minimum atomic E-state index is -0.308. The van der Waals surface area contributed by atoms with Gasteiger partial charge in [-0.2, -0.15) is 0 Å². The molecule has 3 N–H and O–H groups in total. The standard InChI is InChI=1S/C16H20N2O2/c1-12(4-9-15-3-2-10-20-15)18-14-7-5-13(6-8-14)11-16(17)19/h2-3,5-8,10,12,18H,4,9,11H2,1H3,(H2,17,19). The van der Waals surface area contributed by atoms with E-state index in [1.54, 1.807) is 6.26 Å². The summed E-state index contributed by atoms with van der Waals surface area (Å²) in [5.41, 5.74) is 7.15. The Hall–Kier alpha value is -2.23. The fraction of sp³-hybridized carbons (Fsp3) is 0.312. The van der Waals surface area contributed by atoms with Gasteiger partial charge in [0.1, 0.15) is 5.76 Å². The van der Waals surface area contributed by atoms with Crippen LogP contribution < -0.4 is 11.1 Å². The summed E-state index contributed by atoms with van der Waals surface area (Å²) >= 11 is 0. The molecule has 0 saturated carbocycles. The van der Waals surface area contributed by atoms with E-state index in [0.29, 0.717) is 6.04 Å². The highest BCUT2D eigenvalue weighted by molar-refractivity contribution is 5.76. The third-order valence-corrected chi connectivity index (χ3v) is 3.15. The molecule has 106 valence electrons. The zero-order chi connectivity index (χ0) is 14.4. The van der Waals surface area contributed by atoms with Crippen molar-refractivity contribution in [2.45, 2.75) is 32.2 Å². The third kappa shape index (κ3) is 4.46. The molecule has 0 saturated heterocycles. The fourth-order valence-electron chi connectivity index (χ4n) is 2.09. The first-order valence-corrected chi connectivity index (χ1v) is 6.79. The number of carbonyl (C=O) groups is 1. The van der Waals surface area contributed by atoms with E-state index in [-0.39, 0.29) is 12.3 Å². The molecule has 4 nitrogen and oxygen atoms in total. The average Bonchev–Trinajstić information content (AvgIpc) is 2.91. The first-order chi connectivity index (χ1) is 9.63. The maximum absolute atomic E-state index is 10.8. The Labute approximate surface area is 119 Å². The molecule has 0 radical (unpaired) electrons. The van der Waals surface area contributed by atoms with E-state index >= 15 is 0 Å². The molecular weight excluding hydrogens is 252 g/mol. The van der Waals surface area contributed by atoms with Gasteiger partial charge in [-0.05, 0) is 43.2 Å². The van der Waals surface area contributed by atoms with Crippen LogP contribution in [0.25, 0.3) is 0 Å². The third-order valence-electron chi connectivity index (χ3n) is 3.15. The number of benzene rings is 1. The van der Waals surface area contributed by atoms with Crippen molar-refractivity contribution in [3.05, 3.63) is 54.0 Å². The molecule has 1 aromatic heterocycles. The topological polar surface area (TPSA) is 68.3 Å². The Morgan fingerprint density at radius 3 is 2.65 bits per heavy atom. The summed E-state index contributed by atoms with van der Waals surface area (Å²) in [5.74, 6) is 0.702. The largest absolute Gasteiger partial charge is 0.469 e. The zero-order valence-electron chi connectivity index (χ0n) is 11.6. The van der Waals surface area contributed by atoms with Crippen molar-refractivity contribution in [3.8, 4) is 0 Å². The summed E-state index contributed by atoms with van der Waals surface area (Å²) in [6.07, 6.45) is 3.90. The Kier molecular flexibility index (Phi) is 4.82. The lowest BCUT2D eigenvalue weighted by Gasteiger charge is -2.14. The second-order valence-electron chi connectivity index (χ2n) is 5.00. The lowest BCUT2D eigenvalue weighted by atomic mass is 10.1. The van der Waals surface area contributed by atoms with Crippen LogP contribution in [0, 0.1) is 0 Å². The van der Waals surface area contributed by atoms with Crippen LogP contribution in [0.15, 0.2) is 47.1 Å². The van der Waals surface area contributed by atoms with Crippen molar-refractivity contribution in [3.63, 3.8) is 0 Å². The molecule has 1 amide bonds. The summed E-state index contributed by atoms with van der Waals surface area (Å²) < 4.78 is 5.32. The van der Waals surface area contributed by atoms with E-state index in [2.05, 4.69) is 12.2 Å². The highest BCUT2D eigenvalue weighted by Crippen LogP contribution is 2.14. The number of hydrogen-bond donors (Lipinski definition) is 2. The van der Waals surface area contributed by atoms with E-state index in [1.165, 1.54) is 0 Å². The Bertz CT molecular complexity index is 532. The normalized spacial score (nSPS) is 12.1. The minimum Gasteiger partial charge on any atom is -0.469 e. The van der Waals surface area contributed by atoms with Gasteiger partial charge < -0.3 is 15.5 Å². The molecule has 2 aromatic rings. The molecule has 1 unspecified atom stereocenters. The SMILES string of the molecule is CC(CCc1ccco1)Nc1ccc(CC(N)=O)cc1. The molecule has 20 heavy (non-hydrogen) atoms. The summed E-state index contributed by atoms with van der Waals surface area (Å²) in [7, 11) is 0. The van der Waals surface area contributed by atoms with E-state index in [9.17, 15) is 4.79 Å². The van der Waals surface area contributed by atoms with Gasteiger partial charge in [0, 0.05) is 18.2 Å². The fourth-order valence-corrected chi connectivity index (χ4v) is 2.09. The Balaban J connectivity index is 1.81. The molecule has 0 bridgehead atoms. The number of hydrogen-bond acceptors (Lipinski definition) is 3. The number of anilines is 1. The van der Waals surface area contributed by atoms with Crippen LogP contribution in [0.3, 0.4) is 0 Å². The van der Waals surface area contributed by atoms with Crippen LogP contribution in [0.2, 0.25) is 0 Å². The molecule has 1 atom stereocenters. The van der Waals surface area contributed by atoms with Crippen LogP contribution in [0.1, 0.15) is 24.7 Å². The van der Waals surface area contributed by atoms with Crippen LogP contribution in [0.4, 0.5) is 5.69 Å². The van der Waals surface area contributed by atoms with Crippen molar-refractivity contribution in [1.82, 2.24) is 0 Å². The first kappa shape index (κ1) is 14.2. The van der Waals surface area contributed by atoms with E-state index in [4.69, 9.17) is 10.2 Å². The van der Waals surface area contributed by atoms with Gasteiger partial charge in [-0.25, -0.2) is 0 Å². The van der Waals surface area contributed by atoms with Gasteiger partial charge in [0.05, 0.1) is 12.7 Å². The molecule has 4 heteroatoms. The predicted octanol–water partition coefficient (Wildman–Crippen LogP) is 2.74. The number of primary amides is 1. The van der Waals surface area contributed by atoms with Gasteiger partial charge in [0.2, 0.25) is 5.91 Å². The van der Waals surface area contributed by atoms with Crippen molar-refractivity contribution < 1.29 is 9.21 Å². The van der Waals surface area contributed by atoms with Crippen molar-refractivity contribution >= 4 is 11.6 Å². The second kappa shape index (κ2) is 6.80. The monoisotopic (exact) mass is 272 g/mol. The van der Waals surface area contributed by atoms with Crippen LogP contribution in [-0.2, 0) is 17.6 Å². The van der Waals surface area contributed by atoms with Crippen LogP contribution >= 0.6 is 0 Å². The van der Waals surface area contributed by atoms with Crippen molar-refractivity contribution in [1.29, 1.82) is 0 Å². The molecular formula is C16H20N2O2. The molecule has 0 spiro atoms. The minimum absolute atomic E-state index is 0.286. The predicted molar refractivity (Wildman–Crippen MR) is 79.5 cm³/mol. The molecule has 0 aliphatic carbocycles. The second-order valence-corrected chi connectivity index (χ2v) is 5.00. The highest BCUT2D eigenvalue weighted by atomic mass is 16.3. The summed E-state index contributed by atoms with van der Waals surface area (Å²) in [6, 6.07) is 12.0. The molecule has 0 aliphatic heterocycles. The van der Waals surface area contributed by atoms with Gasteiger partial charge >= 0.3 is 0 Å². The number of amides is 1. The smallest absolute Gasteiger partial charge is 0.221 e. The van der Waals surface area contributed by atoms with Gasteiger partial charge in [0.25, 0.3) is 0 Å². The first-order valence-electron chi connectivity index (χ1n) is 6.79. The quantitative estimate of drug-likeness (QED) is 0.814. The number of nitrogens with two attached hydrogens (primary N) is 1. The lowest BCUT2D eigenvalue weighted by Crippen LogP contribution is -2.16. The van der Waals surface area contributed by atoms with Gasteiger partial charge in [-0.1, -0.05) is 12.1 Å². The number of aryl methyl sites for hydroxylation is 1. The van der Waals surface area contributed by atoms with E-state index in [1.807, 2.05) is 36.4 Å². The number of rotatable bonds is 7. The maximum Gasteiger partial charge on any atom is 0.221 e. The molecule has 2 rings (SSSR count). The van der Waals surface area contributed by atoms with E-state index in [0.717, 1.165) is 29.9 Å². The van der Waals surface area contributed by atoms with E-state index < -0.39 is 0 Å². The van der Waals surface area contributed by atoms with Crippen molar-refractivity contribution in [2.75, 3.05) is 5.32 Å². The van der Waals surface area contributed by atoms with Crippen molar-refractivity contribution in [2.24, 2.45) is 5.73 Å². The Morgan fingerprint density at radius 1 is 1.30 bits per heavy atom. The average molecular weight is 272 g/mol. The molecule has 0 fully saturated rings. The zero-order valence-corrected chi connectivity index (χ0v) is 11.6. The van der Waals surface area contributed by atoms with Gasteiger partial charge in [0.15, 0.2) is 0 Å². The molecule has 1 heterocycles. The summed E-state index contributed by atoms with van der Waals surface area (Å²) in [4.78, 5) is 10.8. The van der Waals surface area contributed by atoms with Crippen LogP contribution in [0.5, 0.6) is 0 Å². The van der Waals surface area contributed by atoms with Gasteiger partial charge in [-0.3, -0.25) is 4.79 Å². The Morgan fingerprint density at radius 2 is 2.05 bits per heavy atom. The summed E-state index contributed by atoms with van der Waals surface area (Å²) in [6.45, 7) is 2.14. The highest BCUT2D eigenvalue weighted by Gasteiger charge is 2.05. The van der Waals surface area contributed by atoms with Gasteiger partial charge in [-0.15, -0.1) is 0 Å². The molecule has 1 aromatic carbocycles. The number of nitrogens with one attached hydrogen (secondary N) is 1.